The molecule has 2 rings (SSSR count). The number of carbonyl (C=O) groups is 1. The van der Waals surface area contributed by atoms with E-state index in [1.165, 1.54) is 11.1 Å². The first-order chi connectivity index (χ1) is 7.86. The van der Waals surface area contributed by atoms with Crippen molar-refractivity contribution >= 4 is 25.3 Å². The number of rotatable bonds is 2. The Balaban J connectivity index is 0.000000583. The first-order valence-electron chi connectivity index (χ1n) is 4.87. The zero-order valence-corrected chi connectivity index (χ0v) is 8.78. The van der Waals surface area contributed by atoms with Crippen molar-refractivity contribution in [1.82, 2.24) is 4.98 Å². The van der Waals surface area contributed by atoms with Crippen molar-refractivity contribution in [2.24, 2.45) is 0 Å². The molecule has 3 nitrogen and oxygen atoms in total. The average Bonchev–Trinajstić information content (AvgIpc) is 2.33. The molecule has 1 N–H and O–H groups in total. The van der Waals surface area contributed by atoms with Crippen molar-refractivity contribution in [2.45, 2.75) is 6.42 Å². The van der Waals surface area contributed by atoms with Crippen molar-refractivity contribution in [3.63, 3.8) is 0 Å². The van der Waals surface area contributed by atoms with Gasteiger partial charge < -0.3 is 5.11 Å². The molecule has 4 heteroatoms. The third-order valence-electron chi connectivity index (χ3n) is 1.97. The standard InChI is InChI=1S/C12H11N.CH2O2.Li.H/c1-2-5-11(6-3-1)9-12-7-4-8-13-10-12;2-1-3;;/h1-8,10H,9H2;1H,(H,2,3);;. The van der Waals surface area contributed by atoms with Crippen molar-refractivity contribution < 1.29 is 9.90 Å². The first-order valence-corrected chi connectivity index (χ1v) is 4.87. The Bertz CT molecular complexity index is 369. The summed E-state index contributed by atoms with van der Waals surface area (Å²) in [5.41, 5.74) is 2.59. The van der Waals surface area contributed by atoms with E-state index < -0.39 is 0 Å². The summed E-state index contributed by atoms with van der Waals surface area (Å²) in [5, 5.41) is 6.89. The molecule has 1 heterocycles. The Morgan fingerprint density at radius 1 is 1.06 bits per heavy atom. The molecule has 2 aromatic rings. The Morgan fingerprint density at radius 3 is 2.18 bits per heavy atom. The van der Waals surface area contributed by atoms with Crippen LogP contribution >= 0.6 is 0 Å². The van der Waals surface area contributed by atoms with Crippen LogP contribution in [-0.2, 0) is 11.2 Å². The molecule has 84 valence electrons. The van der Waals surface area contributed by atoms with Crippen molar-refractivity contribution in [3.05, 3.63) is 66.0 Å². The largest absolute Gasteiger partial charge is 0.264 e. The monoisotopic (exact) mass is 223 g/mol. The summed E-state index contributed by atoms with van der Waals surface area (Å²) >= 11 is 0. The Labute approximate surface area is 113 Å². The second kappa shape index (κ2) is 9.65. The summed E-state index contributed by atoms with van der Waals surface area (Å²) in [7, 11) is 0. The van der Waals surface area contributed by atoms with E-state index in [0.717, 1.165) is 6.42 Å². The summed E-state index contributed by atoms with van der Waals surface area (Å²) in [4.78, 5) is 12.4. The van der Waals surface area contributed by atoms with Crippen molar-refractivity contribution in [1.29, 1.82) is 0 Å². The van der Waals surface area contributed by atoms with Gasteiger partial charge in [0.25, 0.3) is 6.47 Å². The van der Waals surface area contributed by atoms with Gasteiger partial charge >= 0.3 is 18.9 Å². The van der Waals surface area contributed by atoms with E-state index in [9.17, 15) is 0 Å². The third-order valence-corrected chi connectivity index (χ3v) is 1.97. The van der Waals surface area contributed by atoms with E-state index in [1.807, 2.05) is 18.3 Å². The molecule has 0 aliphatic carbocycles. The fourth-order valence-corrected chi connectivity index (χ4v) is 1.33. The summed E-state index contributed by atoms with van der Waals surface area (Å²) in [6.45, 7) is -0.250. The number of hydrogen-bond acceptors (Lipinski definition) is 2. The second-order valence-electron chi connectivity index (χ2n) is 3.13. The van der Waals surface area contributed by atoms with E-state index in [-0.39, 0.29) is 25.3 Å². The van der Waals surface area contributed by atoms with Gasteiger partial charge in [-0.15, -0.1) is 0 Å². The molecule has 0 saturated heterocycles. The maximum Gasteiger partial charge on any atom is 0.0303 e. The van der Waals surface area contributed by atoms with Gasteiger partial charge in [0, 0.05) is 12.4 Å². The zero-order chi connectivity index (χ0) is 11.6. The minimum atomic E-state index is -0.250. The van der Waals surface area contributed by atoms with E-state index in [0.29, 0.717) is 0 Å². The Hall–Kier alpha value is -1.56. The Kier molecular flexibility index (Phi) is 8.76. The molecule has 1 aromatic carbocycles. The van der Waals surface area contributed by atoms with Gasteiger partial charge in [0.05, 0.1) is 0 Å². The molecule has 0 radical (unpaired) electrons. The van der Waals surface area contributed by atoms with E-state index >= 15 is 0 Å². The van der Waals surface area contributed by atoms with Crippen LogP contribution in [0.15, 0.2) is 54.9 Å². The fourth-order valence-electron chi connectivity index (χ4n) is 1.33. The summed E-state index contributed by atoms with van der Waals surface area (Å²) in [6.07, 6.45) is 4.68. The van der Waals surface area contributed by atoms with Gasteiger partial charge in [-0.25, -0.2) is 0 Å². The molecule has 0 unspecified atom stereocenters. The molecule has 0 atom stereocenters. The van der Waals surface area contributed by atoms with Crippen LogP contribution in [0.4, 0.5) is 0 Å². The minimum Gasteiger partial charge on any atom is -0.264 e. The molecular formula is C13H14LiNO2. The van der Waals surface area contributed by atoms with Gasteiger partial charge in [0.15, 0.2) is 0 Å². The van der Waals surface area contributed by atoms with Gasteiger partial charge in [0.2, 0.25) is 0 Å². The van der Waals surface area contributed by atoms with Crippen LogP contribution in [0.1, 0.15) is 11.1 Å². The summed E-state index contributed by atoms with van der Waals surface area (Å²) in [5.74, 6) is 0. The van der Waals surface area contributed by atoms with Crippen LogP contribution < -0.4 is 0 Å². The van der Waals surface area contributed by atoms with Crippen LogP contribution in [0.5, 0.6) is 0 Å². The molecule has 0 saturated carbocycles. The van der Waals surface area contributed by atoms with Gasteiger partial charge in [-0.3, -0.25) is 9.78 Å². The SMILES string of the molecule is O=CO.[LiH].c1ccc(Cc2cccnc2)cc1. The van der Waals surface area contributed by atoms with Crippen LogP contribution in [0.2, 0.25) is 0 Å². The molecule has 1 aromatic heterocycles. The zero-order valence-electron chi connectivity index (χ0n) is 8.78. The van der Waals surface area contributed by atoms with Gasteiger partial charge in [0.1, 0.15) is 0 Å². The molecule has 0 amide bonds. The van der Waals surface area contributed by atoms with Crippen molar-refractivity contribution in [3.8, 4) is 0 Å². The fraction of sp³-hybridized carbons (Fsp3) is 0.0769. The van der Waals surface area contributed by atoms with E-state index in [4.69, 9.17) is 9.90 Å². The predicted octanol–water partition coefficient (Wildman–Crippen LogP) is 1.72. The third kappa shape index (κ3) is 6.57. The molecule has 0 aliphatic heterocycles. The quantitative estimate of drug-likeness (QED) is 0.623. The maximum atomic E-state index is 8.36. The van der Waals surface area contributed by atoms with Gasteiger partial charge in [-0.2, -0.15) is 0 Å². The molecular weight excluding hydrogens is 209 g/mol. The molecule has 17 heavy (non-hydrogen) atoms. The van der Waals surface area contributed by atoms with Gasteiger partial charge in [-0.05, 0) is 23.6 Å². The molecule has 0 bridgehead atoms. The van der Waals surface area contributed by atoms with Crippen LogP contribution in [-0.4, -0.2) is 35.4 Å². The normalized spacial score (nSPS) is 8.24. The number of carboxylic acid groups (broad SMARTS) is 1. The van der Waals surface area contributed by atoms with Crippen LogP contribution in [0.25, 0.3) is 0 Å². The minimum absolute atomic E-state index is 0. The first kappa shape index (κ1) is 15.4. The number of pyridine rings is 1. The number of benzene rings is 1. The molecule has 0 spiro atoms. The average molecular weight is 223 g/mol. The van der Waals surface area contributed by atoms with E-state index in [2.05, 4.69) is 35.3 Å². The van der Waals surface area contributed by atoms with Crippen LogP contribution in [0, 0.1) is 0 Å². The smallest absolute Gasteiger partial charge is 0.0303 e. The Morgan fingerprint density at radius 2 is 1.65 bits per heavy atom. The summed E-state index contributed by atoms with van der Waals surface area (Å²) in [6, 6.07) is 14.5. The van der Waals surface area contributed by atoms with E-state index in [1.54, 1.807) is 6.20 Å². The topological polar surface area (TPSA) is 50.2 Å². The van der Waals surface area contributed by atoms with Gasteiger partial charge in [-0.1, -0.05) is 36.4 Å². The van der Waals surface area contributed by atoms with Crippen LogP contribution in [0.3, 0.4) is 0 Å². The molecule has 0 aliphatic rings. The maximum absolute atomic E-state index is 8.36. The number of hydrogen-bond donors (Lipinski definition) is 1. The second-order valence-corrected chi connectivity index (χ2v) is 3.13. The number of aromatic nitrogens is 1. The predicted molar refractivity (Wildman–Crippen MR) is 69.3 cm³/mol. The van der Waals surface area contributed by atoms with Crippen molar-refractivity contribution in [2.75, 3.05) is 0 Å². The summed E-state index contributed by atoms with van der Waals surface area (Å²) < 4.78 is 0. The number of nitrogens with zero attached hydrogens (tertiary/aromatic N) is 1. The molecule has 0 fully saturated rings.